The van der Waals surface area contributed by atoms with Gasteiger partial charge in [-0.2, -0.15) is 0 Å². The van der Waals surface area contributed by atoms with Gasteiger partial charge in [0.2, 0.25) is 5.88 Å². The zero-order chi connectivity index (χ0) is 17.6. The van der Waals surface area contributed by atoms with Crippen molar-refractivity contribution >= 4 is 6.03 Å². The Morgan fingerprint density at radius 1 is 1.40 bits per heavy atom. The summed E-state index contributed by atoms with van der Waals surface area (Å²) in [5, 5.41) is 2.98. The van der Waals surface area contributed by atoms with E-state index in [0.29, 0.717) is 18.3 Å². The number of hydrogen-bond acceptors (Lipinski definition) is 4. The van der Waals surface area contributed by atoms with Crippen LogP contribution < -0.4 is 10.1 Å². The van der Waals surface area contributed by atoms with E-state index in [-0.39, 0.29) is 6.03 Å². The monoisotopic (exact) mass is 343 g/mol. The molecule has 134 valence electrons. The lowest BCUT2D eigenvalue weighted by Crippen LogP contribution is -2.45. The SMILES string of the molecule is COc1ccc(CNC(=O)N2CCC[C@H](Cc3nccn3C)C2)cn1. The predicted molar refractivity (Wildman–Crippen MR) is 94.2 cm³/mol. The minimum atomic E-state index is -0.0136. The molecule has 1 N–H and O–H groups in total. The van der Waals surface area contributed by atoms with Gasteiger partial charge in [0.1, 0.15) is 5.82 Å². The Balaban J connectivity index is 1.50. The Labute approximate surface area is 148 Å². The van der Waals surface area contributed by atoms with Gasteiger partial charge in [-0.25, -0.2) is 14.8 Å². The normalized spacial score (nSPS) is 17.4. The van der Waals surface area contributed by atoms with E-state index in [2.05, 4.69) is 19.9 Å². The van der Waals surface area contributed by atoms with Crippen LogP contribution in [0.5, 0.6) is 5.88 Å². The number of aryl methyl sites for hydroxylation is 1. The minimum absolute atomic E-state index is 0.0136. The van der Waals surface area contributed by atoms with Gasteiger partial charge in [-0.05, 0) is 24.3 Å². The van der Waals surface area contributed by atoms with Gasteiger partial charge in [0.25, 0.3) is 0 Å². The highest BCUT2D eigenvalue weighted by Crippen LogP contribution is 2.20. The van der Waals surface area contributed by atoms with Crippen LogP contribution in [0.2, 0.25) is 0 Å². The van der Waals surface area contributed by atoms with Crippen molar-refractivity contribution in [1.82, 2.24) is 24.8 Å². The number of ether oxygens (including phenoxy) is 1. The zero-order valence-corrected chi connectivity index (χ0v) is 14.8. The first-order valence-electron chi connectivity index (χ1n) is 8.63. The fourth-order valence-electron chi connectivity index (χ4n) is 3.19. The van der Waals surface area contributed by atoms with Crippen LogP contribution in [0.1, 0.15) is 24.2 Å². The van der Waals surface area contributed by atoms with Gasteiger partial charge in [0.15, 0.2) is 0 Å². The molecular weight excluding hydrogens is 318 g/mol. The van der Waals surface area contributed by atoms with Crippen molar-refractivity contribution < 1.29 is 9.53 Å². The third-order valence-corrected chi connectivity index (χ3v) is 4.65. The minimum Gasteiger partial charge on any atom is -0.481 e. The summed E-state index contributed by atoms with van der Waals surface area (Å²) in [4.78, 5) is 22.9. The molecule has 0 unspecified atom stereocenters. The second kappa shape index (κ2) is 8.00. The number of aromatic nitrogens is 3. The predicted octanol–water partition coefficient (Wildman–Crippen LogP) is 1.99. The quantitative estimate of drug-likeness (QED) is 0.901. The molecule has 0 aliphatic carbocycles. The molecule has 2 aromatic rings. The van der Waals surface area contributed by atoms with Gasteiger partial charge < -0.3 is 19.5 Å². The van der Waals surface area contributed by atoms with Gasteiger partial charge in [-0.15, -0.1) is 0 Å². The van der Waals surface area contributed by atoms with E-state index in [1.165, 1.54) is 0 Å². The third kappa shape index (κ3) is 4.49. The highest BCUT2D eigenvalue weighted by molar-refractivity contribution is 5.74. The number of carbonyl (C=O) groups excluding carboxylic acids is 1. The van der Waals surface area contributed by atoms with E-state index in [0.717, 1.165) is 43.7 Å². The van der Waals surface area contributed by atoms with Gasteiger partial charge in [-0.3, -0.25) is 0 Å². The van der Waals surface area contributed by atoms with Crippen LogP contribution in [-0.4, -0.2) is 45.7 Å². The molecule has 1 saturated heterocycles. The van der Waals surface area contributed by atoms with E-state index in [1.807, 2.05) is 30.4 Å². The Kier molecular flexibility index (Phi) is 5.53. The van der Waals surface area contributed by atoms with Crippen molar-refractivity contribution in [2.75, 3.05) is 20.2 Å². The van der Waals surface area contributed by atoms with Gasteiger partial charge >= 0.3 is 6.03 Å². The van der Waals surface area contributed by atoms with Crippen LogP contribution >= 0.6 is 0 Å². The van der Waals surface area contributed by atoms with Crippen molar-refractivity contribution in [3.8, 4) is 5.88 Å². The highest BCUT2D eigenvalue weighted by Gasteiger charge is 2.24. The second-order valence-corrected chi connectivity index (χ2v) is 6.48. The molecule has 25 heavy (non-hydrogen) atoms. The second-order valence-electron chi connectivity index (χ2n) is 6.48. The maximum atomic E-state index is 12.5. The van der Waals surface area contributed by atoms with Crippen molar-refractivity contribution in [2.24, 2.45) is 13.0 Å². The Hall–Kier alpha value is -2.57. The summed E-state index contributed by atoms with van der Waals surface area (Å²) in [6.07, 6.45) is 8.59. The van der Waals surface area contributed by atoms with Gasteiger partial charge in [0, 0.05) is 57.8 Å². The number of pyridine rings is 1. The van der Waals surface area contributed by atoms with Crippen LogP contribution in [0.25, 0.3) is 0 Å². The molecule has 0 radical (unpaired) electrons. The average molecular weight is 343 g/mol. The summed E-state index contributed by atoms with van der Waals surface area (Å²) < 4.78 is 7.09. The van der Waals surface area contributed by atoms with Gasteiger partial charge in [0.05, 0.1) is 7.11 Å². The van der Waals surface area contributed by atoms with Crippen LogP contribution in [0.15, 0.2) is 30.7 Å². The summed E-state index contributed by atoms with van der Waals surface area (Å²) in [7, 11) is 3.60. The molecule has 7 heteroatoms. The van der Waals surface area contributed by atoms with Crippen LogP contribution in [-0.2, 0) is 20.0 Å². The fourth-order valence-corrected chi connectivity index (χ4v) is 3.19. The zero-order valence-electron chi connectivity index (χ0n) is 14.8. The topological polar surface area (TPSA) is 72.3 Å². The Morgan fingerprint density at radius 3 is 2.96 bits per heavy atom. The standard InChI is InChI=1S/C18H25N5O2/c1-22-9-7-19-16(22)10-14-4-3-8-23(13-14)18(24)21-12-15-5-6-17(25-2)20-11-15/h5-7,9,11,14H,3-4,8,10,12-13H2,1-2H3,(H,21,24)/t14-/m1/s1. The maximum absolute atomic E-state index is 12.5. The van der Waals surface area contributed by atoms with E-state index in [9.17, 15) is 4.79 Å². The Morgan fingerprint density at radius 2 is 2.28 bits per heavy atom. The number of piperidine rings is 1. The highest BCUT2D eigenvalue weighted by atomic mass is 16.5. The number of methoxy groups -OCH3 is 1. The molecule has 0 spiro atoms. The van der Waals surface area contributed by atoms with Gasteiger partial charge in [-0.1, -0.05) is 6.07 Å². The molecule has 1 aliphatic rings. The van der Waals surface area contributed by atoms with Crippen LogP contribution in [0, 0.1) is 5.92 Å². The summed E-state index contributed by atoms with van der Waals surface area (Å²) in [6.45, 7) is 2.06. The molecular formula is C18H25N5O2. The van der Waals surface area contributed by atoms with E-state index < -0.39 is 0 Å². The summed E-state index contributed by atoms with van der Waals surface area (Å²) in [5.41, 5.74) is 0.954. The molecule has 3 rings (SSSR count). The molecule has 1 fully saturated rings. The molecule has 1 aliphatic heterocycles. The fraction of sp³-hybridized carbons (Fsp3) is 0.500. The molecule has 2 amide bonds. The van der Waals surface area contributed by atoms with E-state index in [4.69, 9.17) is 4.74 Å². The van der Waals surface area contributed by atoms with Crippen LogP contribution in [0.4, 0.5) is 4.79 Å². The smallest absolute Gasteiger partial charge is 0.317 e. The lowest BCUT2D eigenvalue weighted by molar-refractivity contribution is 0.164. The molecule has 2 aromatic heterocycles. The number of rotatable bonds is 5. The number of hydrogen-bond donors (Lipinski definition) is 1. The number of nitrogens with zero attached hydrogens (tertiary/aromatic N) is 4. The number of likely N-dealkylation sites (tertiary alicyclic amines) is 1. The van der Waals surface area contributed by atoms with Crippen molar-refractivity contribution in [3.05, 3.63) is 42.1 Å². The molecule has 0 bridgehead atoms. The largest absolute Gasteiger partial charge is 0.481 e. The summed E-state index contributed by atoms with van der Waals surface area (Å²) >= 11 is 0. The number of imidazole rings is 1. The lowest BCUT2D eigenvalue weighted by Gasteiger charge is -2.32. The summed E-state index contributed by atoms with van der Waals surface area (Å²) in [5.74, 6) is 2.11. The van der Waals surface area contributed by atoms with Crippen molar-refractivity contribution in [1.29, 1.82) is 0 Å². The van der Waals surface area contributed by atoms with Crippen LogP contribution in [0.3, 0.4) is 0 Å². The first-order valence-corrected chi connectivity index (χ1v) is 8.63. The first kappa shape index (κ1) is 17.3. The maximum Gasteiger partial charge on any atom is 0.317 e. The third-order valence-electron chi connectivity index (χ3n) is 4.65. The van der Waals surface area contributed by atoms with E-state index >= 15 is 0 Å². The van der Waals surface area contributed by atoms with Crippen molar-refractivity contribution in [3.63, 3.8) is 0 Å². The molecule has 1 atom stereocenters. The molecule has 0 saturated carbocycles. The number of urea groups is 1. The van der Waals surface area contributed by atoms with Crippen molar-refractivity contribution in [2.45, 2.75) is 25.8 Å². The number of nitrogens with one attached hydrogen (secondary N) is 1. The molecule has 7 nitrogen and oxygen atoms in total. The van der Waals surface area contributed by atoms with E-state index in [1.54, 1.807) is 19.4 Å². The summed E-state index contributed by atoms with van der Waals surface area (Å²) in [6, 6.07) is 3.69. The first-order chi connectivity index (χ1) is 12.2. The molecule has 3 heterocycles. The molecule has 0 aromatic carbocycles. The average Bonchev–Trinajstić information content (AvgIpc) is 3.05. The Bertz CT molecular complexity index is 698. The number of carbonyl (C=O) groups is 1. The number of amides is 2. The lowest BCUT2D eigenvalue weighted by atomic mass is 9.94.